The summed E-state index contributed by atoms with van der Waals surface area (Å²) < 4.78 is 35.0. The SMILES string of the molecule is Cc1ccc(S(=O)(=O)OCC2COc3c2ccnc3Cl)cc1. The Hall–Kier alpha value is -1.63. The van der Waals surface area contributed by atoms with E-state index in [1.54, 1.807) is 24.4 Å². The van der Waals surface area contributed by atoms with E-state index in [1.807, 2.05) is 6.92 Å². The lowest BCUT2D eigenvalue weighted by molar-refractivity contribution is 0.252. The van der Waals surface area contributed by atoms with Crippen LogP contribution in [0.15, 0.2) is 41.4 Å². The van der Waals surface area contributed by atoms with E-state index in [2.05, 4.69) is 4.98 Å². The Morgan fingerprint density at radius 3 is 2.77 bits per heavy atom. The van der Waals surface area contributed by atoms with Crippen LogP contribution in [0.5, 0.6) is 5.75 Å². The van der Waals surface area contributed by atoms with Gasteiger partial charge in [0.2, 0.25) is 0 Å². The predicted molar refractivity (Wildman–Crippen MR) is 81.8 cm³/mol. The van der Waals surface area contributed by atoms with E-state index >= 15 is 0 Å². The first kappa shape index (κ1) is 15.3. The molecule has 5 nitrogen and oxygen atoms in total. The van der Waals surface area contributed by atoms with E-state index in [0.29, 0.717) is 12.4 Å². The molecule has 1 atom stereocenters. The van der Waals surface area contributed by atoms with Crippen LogP contribution in [-0.4, -0.2) is 26.6 Å². The van der Waals surface area contributed by atoms with E-state index in [0.717, 1.165) is 11.1 Å². The molecule has 0 bridgehead atoms. The number of hydrogen-bond acceptors (Lipinski definition) is 5. The molecule has 22 heavy (non-hydrogen) atoms. The molecule has 1 unspecified atom stereocenters. The Labute approximate surface area is 134 Å². The van der Waals surface area contributed by atoms with Crippen molar-refractivity contribution in [2.75, 3.05) is 13.2 Å². The summed E-state index contributed by atoms with van der Waals surface area (Å²) in [5.74, 6) is 0.321. The van der Waals surface area contributed by atoms with Crippen molar-refractivity contribution in [1.29, 1.82) is 0 Å². The first-order valence-electron chi connectivity index (χ1n) is 6.70. The van der Waals surface area contributed by atoms with Gasteiger partial charge in [0, 0.05) is 17.7 Å². The van der Waals surface area contributed by atoms with Crippen LogP contribution < -0.4 is 4.74 Å². The summed E-state index contributed by atoms with van der Waals surface area (Å²) in [6, 6.07) is 8.29. The Kier molecular flexibility index (Phi) is 4.08. The number of aryl methyl sites for hydroxylation is 1. The highest BCUT2D eigenvalue weighted by atomic mass is 35.5. The van der Waals surface area contributed by atoms with Crippen LogP contribution in [0, 0.1) is 6.92 Å². The summed E-state index contributed by atoms with van der Waals surface area (Å²) in [5, 5.41) is 0.279. The third-order valence-electron chi connectivity index (χ3n) is 3.49. The summed E-state index contributed by atoms with van der Waals surface area (Å²) in [5.41, 5.74) is 1.80. The number of benzene rings is 1. The van der Waals surface area contributed by atoms with Crippen molar-refractivity contribution in [2.24, 2.45) is 0 Å². The van der Waals surface area contributed by atoms with Crippen molar-refractivity contribution in [3.8, 4) is 5.75 Å². The molecule has 0 radical (unpaired) electrons. The fraction of sp³-hybridized carbons (Fsp3) is 0.267. The molecule has 1 aliphatic heterocycles. The fourth-order valence-corrected chi connectivity index (χ4v) is 3.43. The van der Waals surface area contributed by atoms with Gasteiger partial charge in [0.05, 0.1) is 18.1 Å². The van der Waals surface area contributed by atoms with E-state index in [1.165, 1.54) is 12.1 Å². The van der Waals surface area contributed by atoms with Crippen LogP contribution in [0.25, 0.3) is 0 Å². The number of rotatable bonds is 4. The zero-order chi connectivity index (χ0) is 15.7. The number of nitrogens with zero attached hydrogens (tertiary/aromatic N) is 1. The van der Waals surface area contributed by atoms with E-state index in [-0.39, 0.29) is 22.6 Å². The van der Waals surface area contributed by atoms with Gasteiger partial charge in [0.25, 0.3) is 10.1 Å². The quantitative estimate of drug-likeness (QED) is 0.633. The summed E-state index contributed by atoms with van der Waals surface area (Å²) in [4.78, 5) is 4.07. The molecule has 1 aliphatic rings. The maximum absolute atomic E-state index is 12.2. The van der Waals surface area contributed by atoms with Crippen molar-refractivity contribution in [3.05, 3.63) is 52.8 Å². The van der Waals surface area contributed by atoms with Crippen molar-refractivity contribution in [1.82, 2.24) is 4.98 Å². The standard InChI is InChI=1S/C15H14ClNO4S/c1-10-2-4-12(5-3-10)22(18,19)21-9-11-8-20-14-13(11)6-7-17-15(14)16/h2-7,11H,8-9H2,1H3. The summed E-state index contributed by atoms with van der Waals surface area (Å²) in [7, 11) is -3.78. The molecule has 2 aromatic rings. The smallest absolute Gasteiger partial charge is 0.296 e. The van der Waals surface area contributed by atoms with Crippen molar-refractivity contribution >= 4 is 21.7 Å². The van der Waals surface area contributed by atoms with Crippen molar-refractivity contribution in [3.63, 3.8) is 0 Å². The first-order chi connectivity index (χ1) is 10.5. The summed E-state index contributed by atoms with van der Waals surface area (Å²) in [6.45, 7) is 2.22. The lowest BCUT2D eigenvalue weighted by atomic mass is 10.0. The number of ether oxygens (including phenoxy) is 1. The van der Waals surface area contributed by atoms with Crippen LogP contribution in [0.1, 0.15) is 17.0 Å². The molecule has 0 spiro atoms. The number of pyridine rings is 1. The molecule has 0 saturated carbocycles. The highest BCUT2D eigenvalue weighted by Gasteiger charge is 2.29. The Balaban J connectivity index is 1.74. The zero-order valence-electron chi connectivity index (χ0n) is 11.8. The van der Waals surface area contributed by atoms with Crippen LogP contribution in [0.3, 0.4) is 0 Å². The second-order valence-corrected chi connectivity index (χ2v) is 7.05. The van der Waals surface area contributed by atoms with E-state index < -0.39 is 10.1 Å². The third-order valence-corrected chi connectivity index (χ3v) is 5.06. The predicted octanol–water partition coefficient (Wildman–Crippen LogP) is 2.92. The minimum absolute atomic E-state index is 0.00352. The molecule has 0 fully saturated rings. The third kappa shape index (κ3) is 2.95. The molecular formula is C15H14ClNO4S. The number of halogens is 1. The van der Waals surface area contributed by atoms with Gasteiger partial charge in [-0.15, -0.1) is 0 Å². The second kappa shape index (κ2) is 5.87. The van der Waals surface area contributed by atoms with Crippen LogP contribution in [0.2, 0.25) is 5.15 Å². The lowest BCUT2D eigenvalue weighted by Gasteiger charge is -2.10. The second-order valence-electron chi connectivity index (χ2n) is 5.08. The highest BCUT2D eigenvalue weighted by Crippen LogP contribution is 2.38. The van der Waals surface area contributed by atoms with E-state index in [9.17, 15) is 8.42 Å². The van der Waals surface area contributed by atoms with Gasteiger partial charge in [-0.3, -0.25) is 4.18 Å². The topological polar surface area (TPSA) is 65.5 Å². The van der Waals surface area contributed by atoms with Gasteiger partial charge in [-0.25, -0.2) is 4.98 Å². The molecular weight excluding hydrogens is 326 g/mol. The van der Waals surface area contributed by atoms with Gasteiger partial charge < -0.3 is 4.74 Å². The van der Waals surface area contributed by atoms with Gasteiger partial charge in [-0.1, -0.05) is 29.3 Å². The molecule has 0 N–H and O–H groups in total. The molecule has 1 aromatic carbocycles. The van der Waals surface area contributed by atoms with Crippen LogP contribution >= 0.6 is 11.6 Å². The van der Waals surface area contributed by atoms with Gasteiger partial charge in [-0.05, 0) is 25.1 Å². The zero-order valence-corrected chi connectivity index (χ0v) is 13.4. The normalized spacial score (nSPS) is 17.1. The average Bonchev–Trinajstić information content (AvgIpc) is 2.90. The first-order valence-corrected chi connectivity index (χ1v) is 8.49. The number of fused-ring (bicyclic) bond motifs is 1. The molecule has 1 aromatic heterocycles. The number of hydrogen-bond donors (Lipinski definition) is 0. The Bertz CT molecular complexity index is 790. The molecule has 2 heterocycles. The van der Waals surface area contributed by atoms with Gasteiger partial charge in [0.15, 0.2) is 10.9 Å². The molecule has 0 aliphatic carbocycles. The minimum atomic E-state index is -3.78. The van der Waals surface area contributed by atoms with Crippen LogP contribution in [-0.2, 0) is 14.3 Å². The van der Waals surface area contributed by atoms with Gasteiger partial charge in [0.1, 0.15) is 0 Å². The summed E-state index contributed by atoms with van der Waals surface area (Å²) >= 11 is 5.94. The van der Waals surface area contributed by atoms with Crippen molar-refractivity contribution < 1.29 is 17.3 Å². The molecule has 116 valence electrons. The Morgan fingerprint density at radius 1 is 1.32 bits per heavy atom. The average molecular weight is 340 g/mol. The van der Waals surface area contributed by atoms with Crippen molar-refractivity contribution in [2.45, 2.75) is 17.7 Å². The van der Waals surface area contributed by atoms with Crippen LogP contribution in [0.4, 0.5) is 0 Å². The summed E-state index contributed by atoms with van der Waals surface area (Å²) in [6.07, 6.45) is 1.57. The highest BCUT2D eigenvalue weighted by molar-refractivity contribution is 7.86. The maximum atomic E-state index is 12.2. The monoisotopic (exact) mass is 339 g/mol. The maximum Gasteiger partial charge on any atom is 0.296 e. The minimum Gasteiger partial charge on any atom is -0.489 e. The molecule has 0 saturated heterocycles. The number of aromatic nitrogens is 1. The lowest BCUT2D eigenvalue weighted by Crippen LogP contribution is -2.14. The largest absolute Gasteiger partial charge is 0.489 e. The molecule has 0 amide bonds. The molecule has 3 rings (SSSR count). The molecule has 7 heteroatoms. The fourth-order valence-electron chi connectivity index (χ4n) is 2.26. The van der Waals surface area contributed by atoms with Gasteiger partial charge >= 0.3 is 0 Å². The van der Waals surface area contributed by atoms with E-state index in [4.69, 9.17) is 20.5 Å². The van der Waals surface area contributed by atoms with Gasteiger partial charge in [-0.2, -0.15) is 8.42 Å². The Morgan fingerprint density at radius 2 is 2.05 bits per heavy atom.